The van der Waals surface area contributed by atoms with Crippen LogP contribution in [0.15, 0.2) is 29.2 Å². The van der Waals surface area contributed by atoms with Gasteiger partial charge in [0.2, 0.25) is 0 Å². The van der Waals surface area contributed by atoms with Gasteiger partial charge in [0.1, 0.15) is 0 Å². The van der Waals surface area contributed by atoms with E-state index in [-0.39, 0.29) is 28.1 Å². The van der Waals surface area contributed by atoms with E-state index in [4.69, 9.17) is 4.74 Å². The Bertz CT molecular complexity index is 1230. The van der Waals surface area contributed by atoms with Crippen LogP contribution in [0.5, 0.6) is 0 Å². The average molecular weight is 564 g/mol. The maximum absolute atomic E-state index is 15.0. The number of morpholine rings is 1. The second-order valence-electron chi connectivity index (χ2n) is 7.14. The second kappa shape index (κ2) is 8.81. The molecule has 0 saturated carbocycles. The molecule has 32 heavy (non-hydrogen) atoms. The number of hydrogen-bond donors (Lipinski definition) is 1. The van der Waals surface area contributed by atoms with Gasteiger partial charge in [-0.3, -0.25) is 0 Å². The molecule has 4 rings (SSSR count). The van der Waals surface area contributed by atoms with Crippen molar-refractivity contribution in [3.63, 3.8) is 0 Å². The number of pyridine rings is 1. The zero-order valence-corrected chi connectivity index (χ0v) is 19.3. The number of aryl methyl sites for hydroxylation is 1. The minimum atomic E-state index is -4.45. The molecule has 3 aromatic rings. The molecule has 1 fully saturated rings. The predicted molar refractivity (Wildman–Crippen MR) is 106 cm³/mol. The fourth-order valence-corrected chi connectivity index (χ4v) is 5.46. The van der Waals surface area contributed by atoms with Gasteiger partial charge < -0.3 is 0 Å². The summed E-state index contributed by atoms with van der Waals surface area (Å²) in [5.74, 6) is -0.485. The number of halogens is 5. The van der Waals surface area contributed by atoms with E-state index in [0.717, 1.165) is 6.07 Å². The molecule has 12 heteroatoms. The Labute approximate surface area is 191 Å². The summed E-state index contributed by atoms with van der Waals surface area (Å²) in [7, 11) is 0. The molecule has 0 amide bonds. The molecular weight excluding hydrogens is 545 g/mol. The van der Waals surface area contributed by atoms with E-state index in [0.29, 0.717) is 29.9 Å². The number of alkyl halides is 3. The summed E-state index contributed by atoms with van der Waals surface area (Å²) in [6.07, 6.45) is -2.98. The molecule has 1 N–H and O–H groups in total. The van der Waals surface area contributed by atoms with Gasteiger partial charge in [0, 0.05) is 0 Å². The van der Waals surface area contributed by atoms with E-state index in [9.17, 15) is 22.4 Å². The predicted octanol–water partition coefficient (Wildman–Crippen LogP) is -0.180. The maximum atomic E-state index is 15.0. The summed E-state index contributed by atoms with van der Waals surface area (Å²) in [6.45, 7) is 4.63. The molecule has 172 valence electrons. The van der Waals surface area contributed by atoms with Gasteiger partial charge in [-0.1, -0.05) is 0 Å². The molecule has 0 radical (unpaired) electrons. The van der Waals surface area contributed by atoms with Crippen molar-refractivity contribution >= 4 is 16.7 Å². The number of fused-ring (bicyclic) bond motifs is 1. The van der Waals surface area contributed by atoms with Gasteiger partial charge in [-0.25, -0.2) is 0 Å². The fourth-order valence-electron chi connectivity index (χ4n) is 3.42. The summed E-state index contributed by atoms with van der Waals surface area (Å²) in [5.41, 5.74) is -1.50. The van der Waals surface area contributed by atoms with Crippen molar-refractivity contribution in [3.8, 4) is 0 Å². The molecule has 1 aliphatic rings. The van der Waals surface area contributed by atoms with Crippen LogP contribution in [0.3, 0.4) is 0 Å². The van der Waals surface area contributed by atoms with Gasteiger partial charge in [0.15, 0.2) is 0 Å². The first-order valence-electron chi connectivity index (χ1n) is 9.66. The van der Waals surface area contributed by atoms with Crippen molar-refractivity contribution < 1.29 is 43.8 Å². The van der Waals surface area contributed by atoms with E-state index in [1.54, 1.807) is 18.0 Å². The molecule has 1 aliphatic heterocycles. The molecule has 0 aliphatic carbocycles. The fraction of sp³-hybridized carbons (Fsp3) is 0.350. The van der Waals surface area contributed by atoms with Gasteiger partial charge in [0.05, 0.1) is 0 Å². The Kier molecular flexibility index (Phi) is 6.25. The summed E-state index contributed by atoms with van der Waals surface area (Å²) in [6, 6.07) is 4.04. The van der Waals surface area contributed by atoms with Crippen LogP contribution >= 0.6 is 0 Å². The molecule has 7 nitrogen and oxygen atoms in total. The third-order valence-corrected chi connectivity index (χ3v) is 7.55. The van der Waals surface area contributed by atoms with Crippen LogP contribution < -0.4 is 35.6 Å². The number of rotatable bonds is 4. The van der Waals surface area contributed by atoms with Crippen molar-refractivity contribution in [1.82, 2.24) is 14.6 Å². The number of hydrogen-bond acceptors (Lipinski definition) is 6. The summed E-state index contributed by atoms with van der Waals surface area (Å²) >= 11 is -1.15. The number of nitrogens with one attached hydrogen (secondary N) is 1. The Morgan fingerprint density at radius 1 is 1.16 bits per heavy atom. The molecule has 2 aromatic heterocycles. The molecule has 0 bridgehead atoms. The standard InChI is InChI=1S/C20H19F4IN5O2/c1-11-14(20(22,23)24)4-3-5-15(11)25-28-18-13-10-30(29-6-8-32-9-7-29)19(31)16(21)17(13)26-12(2)27-18/h3-5,10H,6-9H2,1-2H3,(H,26,27,28)/q-1. The Morgan fingerprint density at radius 3 is 2.56 bits per heavy atom. The molecule has 0 atom stereocenters. The Morgan fingerprint density at radius 2 is 1.88 bits per heavy atom. The first-order chi connectivity index (χ1) is 15.2. The van der Waals surface area contributed by atoms with Crippen molar-refractivity contribution in [2.45, 2.75) is 20.0 Å². The summed E-state index contributed by atoms with van der Waals surface area (Å²) in [5, 5.41) is 1.95. The van der Waals surface area contributed by atoms with Gasteiger partial charge in [-0.2, -0.15) is 0 Å². The van der Waals surface area contributed by atoms with Crippen molar-refractivity contribution in [2.24, 2.45) is 0 Å². The number of aromatic nitrogens is 3. The van der Waals surface area contributed by atoms with Crippen molar-refractivity contribution in [1.29, 1.82) is 0 Å². The second-order valence-corrected chi connectivity index (χ2v) is 9.38. The number of benzene rings is 1. The van der Waals surface area contributed by atoms with Crippen LogP contribution in [0.2, 0.25) is 0 Å². The Hall–Kier alpha value is -2.48. The van der Waals surface area contributed by atoms with Crippen LogP contribution in [0.25, 0.3) is 10.9 Å². The molecule has 1 saturated heterocycles. The molecule has 0 spiro atoms. The van der Waals surface area contributed by atoms with E-state index in [1.807, 2.05) is 0 Å². The molecule has 3 heterocycles. The van der Waals surface area contributed by atoms with Gasteiger partial charge >= 0.3 is 191 Å². The summed E-state index contributed by atoms with van der Waals surface area (Å²) < 4.78 is 64.8. The zero-order chi connectivity index (χ0) is 23.0. The van der Waals surface area contributed by atoms with E-state index < -0.39 is 44.6 Å². The SMILES string of the molecule is Cc1nc(N[I-]c2cccc(C(F)(F)F)c2C)c2cn(N3CCOCC3)c(=O)c(F)c2n1. The third-order valence-electron chi connectivity index (χ3n) is 5.02. The van der Waals surface area contributed by atoms with Crippen LogP contribution in [0.1, 0.15) is 17.0 Å². The van der Waals surface area contributed by atoms with E-state index in [2.05, 4.69) is 13.5 Å². The van der Waals surface area contributed by atoms with Crippen LogP contribution in [0.4, 0.5) is 23.4 Å². The first-order valence-corrected chi connectivity index (χ1v) is 11.8. The van der Waals surface area contributed by atoms with Gasteiger partial charge in [-0.15, -0.1) is 0 Å². The molecular formula is C20H19F4IN5O2-. The topological polar surface area (TPSA) is 72.3 Å². The number of anilines is 1. The normalized spacial score (nSPS) is 14.9. The van der Waals surface area contributed by atoms with Crippen LogP contribution in [0, 0.1) is 23.2 Å². The zero-order valence-electron chi connectivity index (χ0n) is 17.1. The molecule has 0 unspecified atom stereocenters. The summed E-state index contributed by atoms with van der Waals surface area (Å²) in [4.78, 5) is 21.0. The van der Waals surface area contributed by atoms with Crippen molar-refractivity contribution in [2.75, 3.05) is 34.8 Å². The van der Waals surface area contributed by atoms with Crippen LogP contribution in [-0.2, 0) is 10.9 Å². The first kappa shape index (κ1) is 22.7. The number of nitrogens with zero attached hydrogens (tertiary/aromatic N) is 4. The quantitative estimate of drug-likeness (QED) is 0.270. The van der Waals surface area contributed by atoms with Crippen LogP contribution in [-0.4, -0.2) is 40.9 Å². The average Bonchev–Trinajstić information content (AvgIpc) is 2.75. The molecule has 1 aromatic carbocycles. The van der Waals surface area contributed by atoms with Gasteiger partial charge in [-0.05, 0) is 0 Å². The monoisotopic (exact) mass is 564 g/mol. The van der Waals surface area contributed by atoms with Crippen molar-refractivity contribution in [3.05, 3.63) is 61.1 Å². The van der Waals surface area contributed by atoms with Gasteiger partial charge in [0.25, 0.3) is 0 Å². The Balaban J connectivity index is 1.75. The number of ether oxygens (including phenoxy) is 1. The van der Waals surface area contributed by atoms with E-state index in [1.165, 1.54) is 23.9 Å². The van der Waals surface area contributed by atoms with E-state index >= 15 is 0 Å². The third kappa shape index (κ3) is 4.37. The minimum absolute atomic E-state index is 0.126.